The third kappa shape index (κ3) is 3.22. The number of nitrogens with one attached hydrogen (secondary N) is 1. The highest BCUT2D eigenvalue weighted by Crippen LogP contribution is 2.50. The molecule has 2 aromatic carbocycles. The van der Waals surface area contributed by atoms with E-state index in [0.717, 1.165) is 18.2 Å². The van der Waals surface area contributed by atoms with Crippen LogP contribution in [0.25, 0.3) is 0 Å². The maximum Gasteiger partial charge on any atom is 0.416 e. The third-order valence-electron chi connectivity index (χ3n) is 5.38. The van der Waals surface area contributed by atoms with Gasteiger partial charge in [-0.2, -0.15) is 13.2 Å². The van der Waals surface area contributed by atoms with Crippen LogP contribution < -0.4 is 5.32 Å². The molecule has 0 aromatic heterocycles. The lowest BCUT2D eigenvalue weighted by molar-refractivity contribution is -0.137. The molecule has 0 unspecified atom stereocenters. The first-order chi connectivity index (χ1) is 13.3. The molecular formula is C20H17F4NO3. The van der Waals surface area contributed by atoms with Crippen molar-refractivity contribution < 1.29 is 32.2 Å². The Labute approximate surface area is 158 Å². The number of anilines is 1. The second-order valence-electron chi connectivity index (χ2n) is 7.06. The van der Waals surface area contributed by atoms with Crippen LogP contribution in [0.4, 0.5) is 23.2 Å². The monoisotopic (exact) mass is 395 g/mol. The van der Waals surface area contributed by atoms with Gasteiger partial charge in [-0.25, -0.2) is 9.18 Å². The minimum absolute atomic E-state index is 0.163. The van der Waals surface area contributed by atoms with Gasteiger partial charge >= 0.3 is 12.1 Å². The van der Waals surface area contributed by atoms with Gasteiger partial charge in [-0.3, -0.25) is 0 Å². The smallest absolute Gasteiger partial charge is 0.416 e. The van der Waals surface area contributed by atoms with Crippen molar-refractivity contribution in [2.24, 2.45) is 5.92 Å². The first-order valence-corrected chi connectivity index (χ1v) is 8.88. The quantitative estimate of drug-likeness (QED) is 0.689. The van der Waals surface area contributed by atoms with Crippen LogP contribution in [0.1, 0.15) is 52.0 Å². The molecule has 4 nitrogen and oxygen atoms in total. The SMILES string of the molecule is O=C(O)c1ccc([C@H]2Nc3ccc(C(F)(F)F)cc3[C@@H]3OCCC[C@H]23)c(F)c1. The largest absolute Gasteiger partial charge is 0.478 e. The summed E-state index contributed by atoms with van der Waals surface area (Å²) in [7, 11) is 0. The number of carboxylic acid groups (broad SMARTS) is 1. The molecule has 0 aliphatic carbocycles. The lowest BCUT2D eigenvalue weighted by Crippen LogP contribution is -2.36. The highest BCUT2D eigenvalue weighted by atomic mass is 19.4. The van der Waals surface area contributed by atoms with E-state index in [4.69, 9.17) is 9.84 Å². The predicted molar refractivity (Wildman–Crippen MR) is 92.6 cm³/mol. The second-order valence-corrected chi connectivity index (χ2v) is 7.06. The van der Waals surface area contributed by atoms with Crippen molar-refractivity contribution >= 4 is 11.7 Å². The maximum absolute atomic E-state index is 14.7. The molecule has 2 aromatic rings. The van der Waals surface area contributed by atoms with E-state index in [1.807, 2.05) is 0 Å². The lowest BCUT2D eigenvalue weighted by Gasteiger charge is -2.43. The number of aromatic carboxylic acids is 1. The zero-order valence-electron chi connectivity index (χ0n) is 14.6. The Bertz CT molecular complexity index is 928. The van der Waals surface area contributed by atoms with Crippen LogP contribution in [-0.2, 0) is 10.9 Å². The molecule has 2 N–H and O–H groups in total. The fourth-order valence-electron chi connectivity index (χ4n) is 4.07. The Balaban J connectivity index is 1.77. The summed E-state index contributed by atoms with van der Waals surface area (Å²) in [4.78, 5) is 11.1. The standard InChI is InChI=1S/C20H17F4NO3/c21-15-8-10(19(26)27)3-5-12(15)17-13-2-1-7-28-18(13)14-9-11(20(22,23)24)4-6-16(14)25-17/h3-6,8-9,13,17-18,25H,1-2,7H2,(H,26,27)/t13-,17-,18-/m1/s1. The van der Waals surface area contributed by atoms with E-state index in [-0.39, 0.29) is 17.0 Å². The van der Waals surface area contributed by atoms with E-state index in [1.165, 1.54) is 18.2 Å². The van der Waals surface area contributed by atoms with Crippen LogP contribution in [0.15, 0.2) is 36.4 Å². The Hall–Kier alpha value is -2.61. The van der Waals surface area contributed by atoms with Crippen molar-refractivity contribution in [1.29, 1.82) is 0 Å². The summed E-state index contributed by atoms with van der Waals surface area (Å²) in [6, 6.07) is 6.57. The summed E-state index contributed by atoms with van der Waals surface area (Å²) >= 11 is 0. The highest BCUT2D eigenvalue weighted by Gasteiger charge is 2.42. The topological polar surface area (TPSA) is 58.6 Å². The molecule has 2 aliphatic heterocycles. The first kappa shape index (κ1) is 18.7. The average Bonchev–Trinajstić information content (AvgIpc) is 2.66. The molecule has 3 atom stereocenters. The second kappa shape index (κ2) is 6.77. The van der Waals surface area contributed by atoms with Crippen molar-refractivity contribution in [3.05, 3.63) is 64.5 Å². The van der Waals surface area contributed by atoms with Gasteiger partial charge in [0.15, 0.2) is 0 Å². The van der Waals surface area contributed by atoms with Gasteiger partial charge in [-0.15, -0.1) is 0 Å². The Kier molecular flexibility index (Phi) is 4.53. The van der Waals surface area contributed by atoms with Crippen LogP contribution in [0.3, 0.4) is 0 Å². The van der Waals surface area contributed by atoms with E-state index in [0.29, 0.717) is 30.7 Å². The van der Waals surface area contributed by atoms with E-state index < -0.39 is 35.7 Å². The number of carbonyl (C=O) groups is 1. The van der Waals surface area contributed by atoms with Gasteiger partial charge in [0.05, 0.1) is 23.3 Å². The van der Waals surface area contributed by atoms with Gasteiger partial charge in [-0.05, 0) is 43.2 Å². The molecule has 4 rings (SSSR count). The Morgan fingerprint density at radius 2 is 1.93 bits per heavy atom. The van der Waals surface area contributed by atoms with E-state index in [2.05, 4.69) is 5.32 Å². The fourth-order valence-corrected chi connectivity index (χ4v) is 4.07. The molecule has 0 amide bonds. The Morgan fingerprint density at radius 3 is 2.61 bits per heavy atom. The van der Waals surface area contributed by atoms with Crippen molar-refractivity contribution in [2.75, 3.05) is 11.9 Å². The molecule has 28 heavy (non-hydrogen) atoms. The number of hydrogen-bond donors (Lipinski definition) is 2. The molecule has 0 saturated carbocycles. The van der Waals surface area contributed by atoms with Crippen molar-refractivity contribution in [3.63, 3.8) is 0 Å². The van der Waals surface area contributed by atoms with E-state index in [9.17, 15) is 22.4 Å². The van der Waals surface area contributed by atoms with Crippen LogP contribution >= 0.6 is 0 Å². The van der Waals surface area contributed by atoms with Crippen LogP contribution in [0.2, 0.25) is 0 Å². The predicted octanol–water partition coefficient (Wildman–Crippen LogP) is 5.18. The molecule has 0 radical (unpaired) electrons. The molecule has 0 spiro atoms. The Morgan fingerprint density at radius 1 is 1.14 bits per heavy atom. The number of ether oxygens (including phenoxy) is 1. The van der Waals surface area contributed by atoms with Crippen molar-refractivity contribution in [2.45, 2.75) is 31.2 Å². The van der Waals surface area contributed by atoms with E-state index >= 15 is 0 Å². The highest BCUT2D eigenvalue weighted by molar-refractivity contribution is 5.87. The molecular weight excluding hydrogens is 378 g/mol. The molecule has 2 aliphatic rings. The minimum atomic E-state index is -4.46. The lowest BCUT2D eigenvalue weighted by atomic mass is 9.77. The van der Waals surface area contributed by atoms with Gasteiger partial charge in [0.2, 0.25) is 0 Å². The first-order valence-electron chi connectivity index (χ1n) is 8.88. The zero-order chi connectivity index (χ0) is 20.1. The van der Waals surface area contributed by atoms with Gasteiger partial charge < -0.3 is 15.2 Å². The average molecular weight is 395 g/mol. The van der Waals surface area contributed by atoms with Gasteiger partial charge in [0, 0.05) is 29.3 Å². The van der Waals surface area contributed by atoms with Gasteiger partial charge in [0.1, 0.15) is 5.82 Å². The molecule has 8 heteroatoms. The normalized spacial score (nSPS) is 24.1. The van der Waals surface area contributed by atoms with Crippen LogP contribution in [0.5, 0.6) is 0 Å². The molecule has 148 valence electrons. The number of fused-ring (bicyclic) bond motifs is 3. The van der Waals surface area contributed by atoms with Crippen LogP contribution in [0, 0.1) is 11.7 Å². The molecule has 1 saturated heterocycles. The number of benzene rings is 2. The summed E-state index contributed by atoms with van der Waals surface area (Å²) in [6.45, 7) is 0.421. The van der Waals surface area contributed by atoms with Gasteiger partial charge in [-0.1, -0.05) is 6.07 Å². The number of halogens is 4. The number of alkyl halides is 3. The maximum atomic E-state index is 14.7. The van der Waals surface area contributed by atoms with Gasteiger partial charge in [0.25, 0.3) is 0 Å². The van der Waals surface area contributed by atoms with Crippen molar-refractivity contribution in [3.8, 4) is 0 Å². The number of rotatable bonds is 2. The molecule has 1 fully saturated rings. The summed E-state index contributed by atoms with van der Waals surface area (Å²) < 4.78 is 59.8. The third-order valence-corrected chi connectivity index (χ3v) is 5.38. The molecule has 0 bridgehead atoms. The number of carboxylic acids is 1. The summed E-state index contributed by atoms with van der Waals surface area (Å²) in [5, 5.41) is 12.2. The van der Waals surface area contributed by atoms with Crippen molar-refractivity contribution in [1.82, 2.24) is 0 Å². The fraction of sp³-hybridized carbons (Fsp3) is 0.350. The zero-order valence-corrected chi connectivity index (χ0v) is 14.6. The summed E-state index contributed by atoms with van der Waals surface area (Å²) in [5.41, 5.74) is 0.234. The number of hydrogen-bond acceptors (Lipinski definition) is 3. The summed E-state index contributed by atoms with van der Waals surface area (Å²) in [5.74, 6) is -2.17. The minimum Gasteiger partial charge on any atom is -0.478 e. The summed E-state index contributed by atoms with van der Waals surface area (Å²) in [6.07, 6.45) is -3.69. The van der Waals surface area contributed by atoms with Crippen LogP contribution in [-0.4, -0.2) is 17.7 Å². The molecule has 2 heterocycles. The van der Waals surface area contributed by atoms with E-state index in [1.54, 1.807) is 0 Å².